The van der Waals surface area contributed by atoms with E-state index in [0.29, 0.717) is 0 Å². The van der Waals surface area contributed by atoms with Gasteiger partial charge in [0.25, 0.3) is 0 Å². The van der Waals surface area contributed by atoms with Gasteiger partial charge in [0.05, 0.1) is 0 Å². The SMILES string of the molecule is O=C([O-])[O-].O=C([O-])[O-].O=C([O-])[O-].[As+3].[As+3]. The van der Waals surface area contributed by atoms with Crippen LogP contribution in [0.1, 0.15) is 0 Å². The van der Waals surface area contributed by atoms with Crippen LogP contribution in [0.15, 0.2) is 0 Å². The third-order valence-electron chi connectivity index (χ3n) is 0. The molecule has 0 aliphatic heterocycles. The van der Waals surface area contributed by atoms with E-state index in [0.717, 1.165) is 0 Å². The van der Waals surface area contributed by atoms with Gasteiger partial charge in [0.15, 0.2) is 0 Å². The van der Waals surface area contributed by atoms with Crippen molar-refractivity contribution in [1.29, 1.82) is 0 Å². The van der Waals surface area contributed by atoms with E-state index in [1.165, 1.54) is 0 Å². The molecule has 0 bridgehead atoms. The van der Waals surface area contributed by atoms with Gasteiger partial charge in [-0.15, -0.1) is 0 Å². The van der Waals surface area contributed by atoms with E-state index < -0.39 is 18.5 Å². The predicted molar refractivity (Wildman–Crippen MR) is 27.7 cm³/mol. The van der Waals surface area contributed by atoms with Gasteiger partial charge in [0, 0.05) is 0 Å². The van der Waals surface area contributed by atoms with Crippen molar-refractivity contribution in [3.05, 3.63) is 0 Å². The number of carbonyl (C=O) groups excluding carboxylic acids is 3. The standard InChI is InChI=1S/3CH2O3.2As/c3*2-1(3)4;;/h3*(H2,2,3,4);;/q;;;2*+3/p-6. The zero-order chi connectivity index (χ0) is 10.7. The molecule has 0 aromatic heterocycles. The Labute approximate surface area is 99.6 Å². The zero-order valence-corrected chi connectivity index (χ0v) is 9.82. The summed E-state index contributed by atoms with van der Waals surface area (Å²) in [7, 11) is 0. The summed E-state index contributed by atoms with van der Waals surface area (Å²) in [5, 5.41) is 50.0. The molecule has 9 nitrogen and oxygen atoms in total. The van der Waals surface area contributed by atoms with Crippen molar-refractivity contribution in [2.45, 2.75) is 0 Å². The molecule has 0 spiro atoms. The summed E-state index contributed by atoms with van der Waals surface area (Å²) < 4.78 is 0. The Morgan fingerprint density at radius 3 is 0.500 bits per heavy atom. The first kappa shape index (κ1) is 29.3. The second kappa shape index (κ2) is 22.7. The molecule has 14 heavy (non-hydrogen) atoms. The number of carbonyl (C=O) groups is 3. The maximum absolute atomic E-state index is 8.33. The molecule has 0 aliphatic carbocycles. The van der Waals surface area contributed by atoms with Gasteiger partial charge in [-0.1, -0.05) is 0 Å². The molecule has 0 unspecified atom stereocenters. The minimum atomic E-state index is -2.33. The Balaban J connectivity index is -0.0000000270. The van der Waals surface area contributed by atoms with E-state index >= 15 is 0 Å². The molecule has 0 atom stereocenters. The molecule has 0 aliphatic rings. The Morgan fingerprint density at radius 2 is 0.500 bits per heavy atom. The van der Waals surface area contributed by atoms with Crippen molar-refractivity contribution < 1.29 is 45.0 Å². The van der Waals surface area contributed by atoms with Gasteiger partial charge in [0.1, 0.15) is 0 Å². The van der Waals surface area contributed by atoms with Gasteiger partial charge in [-0.05, 0) is 18.5 Å². The van der Waals surface area contributed by atoms with E-state index in [2.05, 4.69) is 0 Å². The summed E-state index contributed by atoms with van der Waals surface area (Å²) >= 11 is 0. The molecule has 76 valence electrons. The van der Waals surface area contributed by atoms with Gasteiger partial charge in [0.2, 0.25) is 0 Å². The Morgan fingerprint density at radius 1 is 0.500 bits per heavy atom. The number of carboxylic acid groups (broad SMARTS) is 6. The smallest absolute Gasteiger partial charge is 0.652 e. The average Bonchev–Trinajstić information content (AvgIpc) is 1.54. The Hall–Kier alpha value is -1.07. The molecule has 0 aromatic carbocycles. The van der Waals surface area contributed by atoms with Crippen LogP contribution in [-0.2, 0) is 0 Å². The van der Waals surface area contributed by atoms with Crippen molar-refractivity contribution in [3.8, 4) is 0 Å². The summed E-state index contributed by atoms with van der Waals surface area (Å²) in [5.41, 5.74) is 0. The van der Waals surface area contributed by atoms with E-state index in [4.69, 9.17) is 45.0 Å². The van der Waals surface area contributed by atoms with Gasteiger partial charge in [-0.3, -0.25) is 0 Å². The third kappa shape index (κ3) is 935. The summed E-state index contributed by atoms with van der Waals surface area (Å²) in [4.78, 5) is 25.0. The van der Waals surface area contributed by atoms with E-state index in [1.54, 1.807) is 0 Å². The molecule has 11 heteroatoms. The Bertz CT molecular complexity index is 116. The van der Waals surface area contributed by atoms with Gasteiger partial charge >= 0.3 is 35.9 Å². The minimum Gasteiger partial charge on any atom is -0.652 e. The average molecular weight is 330 g/mol. The predicted octanol–water partition coefficient (Wildman–Crippen LogP) is -8.10. The number of hydrogen-bond donors (Lipinski definition) is 0. The number of hydrogen-bond acceptors (Lipinski definition) is 9. The van der Waals surface area contributed by atoms with Gasteiger partial charge in [-0.25, -0.2) is 0 Å². The van der Waals surface area contributed by atoms with Crippen LogP contribution in [0.5, 0.6) is 0 Å². The van der Waals surface area contributed by atoms with Crippen LogP contribution in [-0.4, -0.2) is 54.4 Å². The van der Waals surface area contributed by atoms with Crippen molar-refractivity contribution >= 4 is 54.4 Å². The van der Waals surface area contributed by atoms with Crippen LogP contribution in [0.2, 0.25) is 0 Å². The minimum absolute atomic E-state index is 0. The first-order valence-corrected chi connectivity index (χ1v) is 1.84. The summed E-state index contributed by atoms with van der Waals surface area (Å²) in [6.45, 7) is 0. The molecule has 0 saturated heterocycles. The molecule has 4 radical (unpaired) electrons. The zero-order valence-electron chi connectivity index (χ0n) is 6.07. The summed E-state index contributed by atoms with van der Waals surface area (Å²) in [5.74, 6) is 0. The first-order valence-electron chi connectivity index (χ1n) is 1.84. The third-order valence-corrected chi connectivity index (χ3v) is 0. The van der Waals surface area contributed by atoms with Gasteiger partial charge < -0.3 is 45.0 Å². The monoisotopic (exact) mass is 330 g/mol. The van der Waals surface area contributed by atoms with Crippen molar-refractivity contribution in [2.24, 2.45) is 0 Å². The maximum Gasteiger partial charge on any atom is 3.00 e. The fraction of sp³-hybridized carbons (Fsp3) is 0. The van der Waals surface area contributed by atoms with Crippen LogP contribution in [0.3, 0.4) is 0 Å². The fourth-order valence-corrected chi connectivity index (χ4v) is 0. The van der Waals surface area contributed by atoms with Crippen LogP contribution < -0.4 is 30.6 Å². The summed E-state index contributed by atoms with van der Waals surface area (Å²) in [6.07, 6.45) is -7.00. The van der Waals surface area contributed by atoms with E-state index in [9.17, 15) is 0 Å². The largest absolute Gasteiger partial charge is 3.00 e. The normalized spacial score (nSPS) is 5.14. The molecular weight excluding hydrogens is 330 g/mol. The fourth-order valence-electron chi connectivity index (χ4n) is 0. The molecule has 0 N–H and O–H groups in total. The first-order chi connectivity index (χ1) is 5.20. The van der Waals surface area contributed by atoms with Crippen LogP contribution in [0, 0.1) is 0 Å². The Kier molecular flexibility index (Phi) is 47.4. The molecule has 0 rings (SSSR count). The summed E-state index contributed by atoms with van der Waals surface area (Å²) in [6, 6.07) is 0. The molecule has 0 amide bonds. The van der Waals surface area contributed by atoms with Crippen molar-refractivity contribution in [2.75, 3.05) is 0 Å². The van der Waals surface area contributed by atoms with Gasteiger partial charge in [-0.2, -0.15) is 0 Å². The van der Waals surface area contributed by atoms with Crippen molar-refractivity contribution in [1.82, 2.24) is 0 Å². The molecule has 0 heterocycles. The molecular formula is C3As2O9. The van der Waals surface area contributed by atoms with Crippen LogP contribution in [0.4, 0.5) is 14.4 Å². The quantitative estimate of drug-likeness (QED) is 0.388. The second-order valence-corrected chi connectivity index (χ2v) is 0.750. The van der Waals surface area contributed by atoms with E-state index in [1.807, 2.05) is 0 Å². The van der Waals surface area contributed by atoms with Crippen molar-refractivity contribution in [3.63, 3.8) is 0 Å². The number of rotatable bonds is 0. The maximum atomic E-state index is 8.33. The molecule has 0 saturated carbocycles. The van der Waals surface area contributed by atoms with Crippen LogP contribution >= 0.6 is 0 Å². The van der Waals surface area contributed by atoms with Crippen LogP contribution in [0.25, 0.3) is 0 Å². The molecule has 0 fully saturated rings. The second-order valence-electron chi connectivity index (χ2n) is 0.750. The van der Waals surface area contributed by atoms with E-state index in [-0.39, 0.29) is 35.9 Å². The molecule has 0 aromatic rings. The topological polar surface area (TPSA) is 190 Å².